The molecule has 1 N–H and O–H groups in total. The fourth-order valence-corrected chi connectivity index (χ4v) is 2.40. The molecule has 6 heteroatoms. The molecule has 2 rings (SSSR count). The Morgan fingerprint density at radius 2 is 2.16 bits per heavy atom. The van der Waals surface area contributed by atoms with Crippen molar-refractivity contribution in [2.75, 3.05) is 12.4 Å². The van der Waals surface area contributed by atoms with Gasteiger partial charge in [0.2, 0.25) is 5.16 Å². The topological polar surface area (TPSA) is 63.8 Å². The molecule has 1 aromatic heterocycles. The summed E-state index contributed by atoms with van der Waals surface area (Å²) < 4.78 is 1.74. The van der Waals surface area contributed by atoms with Gasteiger partial charge < -0.3 is 5.11 Å². The minimum atomic E-state index is 0.114. The van der Waals surface area contributed by atoms with Gasteiger partial charge in [0.1, 0.15) is 0 Å². The van der Waals surface area contributed by atoms with Crippen molar-refractivity contribution < 1.29 is 5.11 Å². The summed E-state index contributed by atoms with van der Waals surface area (Å²) in [5.41, 5.74) is 3.38. The second-order valence-corrected chi connectivity index (χ2v) is 5.71. The lowest BCUT2D eigenvalue weighted by molar-refractivity contribution is 0.322. The Kier molecular flexibility index (Phi) is 4.55. The number of aryl methyl sites for hydroxylation is 1. The Morgan fingerprint density at radius 1 is 1.37 bits per heavy atom. The van der Waals surface area contributed by atoms with E-state index >= 15 is 0 Å². The van der Waals surface area contributed by atoms with E-state index in [1.807, 2.05) is 6.92 Å². The van der Waals surface area contributed by atoms with Crippen molar-refractivity contribution in [3.05, 3.63) is 29.3 Å². The van der Waals surface area contributed by atoms with Crippen LogP contribution in [0, 0.1) is 6.92 Å². The molecule has 0 unspecified atom stereocenters. The molecule has 0 fully saturated rings. The third kappa shape index (κ3) is 3.13. The maximum Gasteiger partial charge on any atom is 0.214 e. The van der Waals surface area contributed by atoms with Crippen LogP contribution in [-0.2, 0) is 0 Å². The van der Waals surface area contributed by atoms with E-state index in [9.17, 15) is 0 Å². The first-order chi connectivity index (χ1) is 9.13. The van der Waals surface area contributed by atoms with E-state index < -0.39 is 0 Å². The Labute approximate surface area is 117 Å². The van der Waals surface area contributed by atoms with Crippen LogP contribution in [0.2, 0.25) is 0 Å². The van der Waals surface area contributed by atoms with Crippen LogP contribution in [0.15, 0.2) is 23.4 Å². The lowest BCUT2D eigenvalue weighted by atomic mass is 10.0. The molecule has 2 aromatic rings. The summed E-state index contributed by atoms with van der Waals surface area (Å²) in [7, 11) is 0. The molecule has 0 atom stereocenters. The van der Waals surface area contributed by atoms with E-state index in [1.54, 1.807) is 4.68 Å². The zero-order valence-corrected chi connectivity index (χ0v) is 12.2. The standard InChI is InChI=1S/C13H18N4OS/c1-9(2)11-5-4-10(3)12(8-11)17-13(14-15-16-17)19-7-6-18/h4-5,8-9,18H,6-7H2,1-3H3. The van der Waals surface area contributed by atoms with Crippen LogP contribution in [0.3, 0.4) is 0 Å². The van der Waals surface area contributed by atoms with Gasteiger partial charge in [0.15, 0.2) is 0 Å². The molecule has 1 aromatic carbocycles. The number of tetrazole rings is 1. The minimum Gasteiger partial charge on any atom is -0.396 e. The van der Waals surface area contributed by atoms with Gasteiger partial charge >= 0.3 is 0 Å². The summed E-state index contributed by atoms with van der Waals surface area (Å²) in [5.74, 6) is 1.05. The molecule has 0 amide bonds. The summed E-state index contributed by atoms with van der Waals surface area (Å²) in [4.78, 5) is 0. The molecule has 5 nitrogen and oxygen atoms in total. The highest BCUT2D eigenvalue weighted by atomic mass is 32.2. The van der Waals surface area contributed by atoms with Crippen LogP contribution >= 0.6 is 11.8 Å². The van der Waals surface area contributed by atoms with Crippen LogP contribution in [0.5, 0.6) is 0 Å². The van der Waals surface area contributed by atoms with Crippen molar-refractivity contribution in [3.8, 4) is 5.69 Å². The Balaban J connectivity index is 2.40. The lowest BCUT2D eigenvalue weighted by Gasteiger charge is -2.11. The molecule has 19 heavy (non-hydrogen) atoms. The van der Waals surface area contributed by atoms with Gasteiger partial charge in [-0.2, -0.15) is 4.68 Å². The molecule has 0 spiro atoms. The smallest absolute Gasteiger partial charge is 0.214 e. The Hall–Kier alpha value is -1.40. The summed E-state index contributed by atoms with van der Waals surface area (Å²) in [6, 6.07) is 6.35. The van der Waals surface area contributed by atoms with Gasteiger partial charge in [0.25, 0.3) is 0 Å². The Morgan fingerprint density at radius 3 is 2.84 bits per heavy atom. The number of rotatable bonds is 5. The molecule has 0 aliphatic carbocycles. The average Bonchev–Trinajstić information content (AvgIpc) is 2.84. The lowest BCUT2D eigenvalue weighted by Crippen LogP contribution is -2.04. The molecule has 0 aliphatic heterocycles. The van der Waals surface area contributed by atoms with E-state index in [-0.39, 0.29) is 6.61 Å². The molecule has 0 saturated heterocycles. The van der Waals surface area contributed by atoms with E-state index in [2.05, 4.69) is 47.6 Å². The van der Waals surface area contributed by atoms with Crippen LogP contribution in [-0.4, -0.2) is 37.7 Å². The van der Waals surface area contributed by atoms with Gasteiger partial charge in [-0.3, -0.25) is 0 Å². The number of aromatic nitrogens is 4. The number of aliphatic hydroxyl groups excluding tert-OH is 1. The second kappa shape index (κ2) is 6.16. The zero-order valence-electron chi connectivity index (χ0n) is 11.4. The molecular weight excluding hydrogens is 260 g/mol. The number of nitrogens with zero attached hydrogens (tertiary/aromatic N) is 4. The first-order valence-electron chi connectivity index (χ1n) is 6.26. The molecule has 102 valence electrons. The number of hydrogen-bond donors (Lipinski definition) is 1. The number of aliphatic hydroxyl groups is 1. The second-order valence-electron chi connectivity index (χ2n) is 4.65. The predicted octanol–water partition coefficient (Wildman–Crippen LogP) is 2.18. The maximum atomic E-state index is 8.90. The normalized spacial score (nSPS) is 11.2. The van der Waals surface area contributed by atoms with Crippen molar-refractivity contribution in [2.45, 2.75) is 31.8 Å². The van der Waals surface area contributed by atoms with Crippen molar-refractivity contribution in [1.82, 2.24) is 20.2 Å². The summed E-state index contributed by atoms with van der Waals surface area (Å²) in [6.45, 7) is 6.48. The molecule has 1 heterocycles. The van der Waals surface area contributed by atoms with Crippen molar-refractivity contribution in [1.29, 1.82) is 0 Å². The summed E-state index contributed by atoms with van der Waals surface area (Å²) in [5, 5.41) is 21.4. The van der Waals surface area contributed by atoms with Gasteiger partial charge in [-0.1, -0.05) is 37.7 Å². The van der Waals surface area contributed by atoms with Crippen LogP contribution in [0.25, 0.3) is 5.69 Å². The average molecular weight is 278 g/mol. The molecule has 0 aliphatic rings. The fraction of sp³-hybridized carbons (Fsp3) is 0.462. The van der Waals surface area contributed by atoms with Gasteiger partial charge in [-0.15, -0.1) is 5.10 Å². The monoisotopic (exact) mass is 278 g/mol. The highest BCUT2D eigenvalue weighted by Gasteiger charge is 2.12. The van der Waals surface area contributed by atoms with Gasteiger partial charge in [0, 0.05) is 5.75 Å². The van der Waals surface area contributed by atoms with Gasteiger partial charge in [-0.05, 0) is 40.5 Å². The highest BCUT2D eigenvalue weighted by molar-refractivity contribution is 7.99. The third-order valence-electron chi connectivity index (χ3n) is 2.89. The maximum absolute atomic E-state index is 8.90. The number of hydrogen-bond acceptors (Lipinski definition) is 5. The molecule has 0 bridgehead atoms. The van der Waals surface area contributed by atoms with Crippen LogP contribution in [0.4, 0.5) is 0 Å². The van der Waals surface area contributed by atoms with Gasteiger partial charge in [0.05, 0.1) is 12.3 Å². The quantitative estimate of drug-likeness (QED) is 0.849. The largest absolute Gasteiger partial charge is 0.396 e. The predicted molar refractivity (Wildman–Crippen MR) is 75.8 cm³/mol. The summed E-state index contributed by atoms with van der Waals surface area (Å²) >= 11 is 1.45. The van der Waals surface area contributed by atoms with E-state index in [4.69, 9.17) is 5.11 Å². The molecular formula is C13H18N4OS. The van der Waals surface area contributed by atoms with Crippen molar-refractivity contribution in [3.63, 3.8) is 0 Å². The van der Waals surface area contributed by atoms with Gasteiger partial charge in [-0.25, -0.2) is 0 Å². The van der Waals surface area contributed by atoms with Crippen LogP contribution < -0.4 is 0 Å². The number of thioether (sulfide) groups is 1. The van der Waals surface area contributed by atoms with E-state index in [0.717, 1.165) is 11.3 Å². The third-order valence-corrected chi connectivity index (χ3v) is 3.79. The SMILES string of the molecule is Cc1ccc(C(C)C)cc1-n1nnnc1SCCO. The van der Waals surface area contributed by atoms with E-state index in [0.29, 0.717) is 16.8 Å². The van der Waals surface area contributed by atoms with Crippen molar-refractivity contribution in [2.24, 2.45) is 0 Å². The highest BCUT2D eigenvalue weighted by Crippen LogP contribution is 2.24. The van der Waals surface area contributed by atoms with Crippen molar-refractivity contribution >= 4 is 11.8 Å². The zero-order chi connectivity index (χ0) is 13.8. The Bertz CT molecular complexity index is 553. The number of benzene rings is 1. The van der Waals surface area contributed by atoms with Crippen LogP contribution in [0.1, 0.15) is 30.9 Å². The fourth-order valence-electron chi connectivity index (χ4n) is 1.77. The first kappa shape index (κ1) is 14.0. The minimum absolute atomic E-state index is 0.114. The molecule has 0 saturated carbocycles. The molecule has 0 radical (unpaired) electrons. The summed E-state index contributed by atoms with van der Waals surface area (Å²) in [6.07, 6.45) is 0. The van der Waals surface area contributed by atoms with E-state index in [1.165, 1.54) is 17.3 Å². The first-order valence-corrected chi connectivity index (χ1v) is 7.25.